The van der Waals surface area contributed by atoms with Crippen molar-refractivity contribution in [1.82, 2.24) is 19.6 Å². The summed E-state index contributed by atoms with van der Waals surface area (Å²) in [5.74, 6) is -0.308. The monoisotopic (exact) mass is 463 g/mol. The van der Waals surface area contributed by atoms with Gasteiger partial charge in [-0.1, -0.05) is 36.4 Å². The molecule has 0 spiro atoms. The number of nitrogens with one attached hydrogen (secondary N) is 1. The van der Waals surface area contributed by atoms with Crippen LogP contribution in [0.15, 0.2) is 61.1 Å². The Labute approximate surface area is 193 Å². The molecule has 1 aromatic carbocycles. The summed E-state index contributed by atoms with van der Waals surface area (Å²) in [6, 6.07) is 13.0. The first-order valence-electron chi connectivity index (χ1n) is 9.82. The summed E-state index contributed by atoms with van der Waals surface area (Å²) >= 11 is 0. The van der Waals surface area contributed by atoms with Crippen molar-refractivity contribution in [3.8, 4) is 0 Å². The SMILES string of the molecule is C[C@@H](C(=O)NCc1ccc2nccn2c1)N1CC(c2ccccc2)CC1C(N)=O.Cl.Cl. The molecule has 3 aromatic rings. The first-order chi connectivity index (χ1) is 14.0. The number of imidazole rings is 1. The maximum absolute atomic E-state index is 12.8. The predicted molar refractivity (Wildman–Crippen MR) is 124 cm³/mol. The van der Waals surface area contributed by atoms with Crippen LogP contribution in [-0.4, -0.2) is 44.7 Å². The number of pyridine rings is 1. The molecule has 0 aliphatic carbocycles. The lowest BCUT2D eigenvalue weighted by molar-refractivity contribution is -0.129. The normalized spacial score (nSPS) is 19.3. The largest absolute Gasteiger partial charge is 0.368 e. The van der Waals surface area contributed by atoms with E-state index in [1.807, 2.05) is 58.9 Å². The Bertz CT molecular complexity index is 1030. The fraction of sp³-hybridized carbons (Fsp3) is 0.318. The molecule has 2 unspecified atom stereocenters. The van der Waals surface area contributed by atoms with E-state index in [1.54, 1.807) is 6.20 Å². The van der Waals surface area contributed by atoms with Crippen molar-refractivity contribution in [1.29, 1.82) is 0 Å². The molecule has 4 rings (SSSR count). The smallest absolute Gasteiger partial charge is 0.237 e. The van der Waals surface area contributed by atoms with Crippen LogP contribution in [0.3, 0.4) is 0 Å². The van der Waals surface area contributed by atoms with Gasteiger partial charge in [0.1, 0.15) is 5.65 Å². The second kappa shape index (κ2) is 10.6. The second-order valence-electron chi connectivity index (χ2n) is 7.58. The Morgan fingerprint density at radius 2 is 1.94 bits per heavy atom. The highest BCUT2D eigenvalue weighted by molar-refractivity contribution is 5.86. The van der Waals surface area contributed by atoms with Gasteiger partial charge in [-0.05, 0) is 36.5 Å². The third-order valence-electron chi connectivity index (χ3n) is 5.73. The molecule has 9 heteroatoms. The molecule has 3 N–H and O–H groups in total. The number of carbonyl (C=O) groups excluding carboxylic acids is 2. The number of carbonyl (C=O) groups is 2. The van der Waals surface area contributed by atoms with Crippen molar-refractivity contribution >= 4 is 42.3 Å². The Balaban J connectivity index is 0.00000171. The summed E-state index contributed by atoms with van der Waals surface area (Å²) in [5, 5.41) is 2.98. The van der Waals surface area contributed by atoms with Crippen LogP contribution in [0.5, 0.6) is 0 Å². The molecular weight excluding hydrogens is 437 g/mol. The van der Waals surface area contributed by atoms with Gasteiger partial charge in [0.2, 0.25) is 11.8 Å². The first-order valence-corrected chi connectivity index (χ1v) is 9.82. The number of amides is 2. The number of benzene rings is 1. The molecule has 1 fully saturated rings. The molecule has 0 radical (unpaired) electrons. The van der Waals surface area contributed by atoms with E-state index in [0.29, 0.717) is 19.5 Å². The van der Waals surface area contributed by atoms with E-state index in [9.17, 15) is 9.59 Å². The van der Waals surface area contributed by atoms with Gasteiger partial charge in [-0.2, -0.15) is 0 Å². The average molecular weight is 464 g/mol. The van der Waals surface area contributed by atoms with Crippen LogP contribution in [0, 0.1) is 0 Å². The summed E-state index contributed by atoms with van der Waals surface area (Å²) < 4.78 is 1.92. The average Bonchev–Trinajstić information content (AvgIpc) is 3.39. The van der Waals surface area contributed by atoms with E-state index < -0.39 is 12.1 Å². The standard InChI is InChI=1S/C22H25N5O2.2ClH/c1-15(22(29)25-12-16-7-8-20-24-9-10-26(20)13-16)27-14-18(11-19(27)21(23)28)17-5-3-2-4-6-17;;/h2-10,13,15,18-19H,11-12,14H2,1H3,(H2,23,28)(H,25,29);2*1H/t15-,18?,19?;;/m0../s1. The molecule has 0 bridgehead atoms. The number of halogens is 2. The zero-order valence-corrected chi connectivity index (χ0v) is 18.8. The number of nitrogens with two attached hydrogens (primary N) is 1. The van der Waals surface area contributed by atoms with Gasteiger partial charge in [-0.25, -0.2) is 4.98 Å². The van der Waals surface area contributed by atoms with Gasteiger partial charge in [0.25, 0.3) is 0 Å². The minimum absolute atomic E-state index is 0. The fourth-order valence-corrected chi connectivity index (χ4v) is 4.09. The summed E-state index contributed by atoms with van der Waals surface area (Å²) in [6.45, 7) is 2.87. The molecule has 166 valence electrons. The third-order valence-corrected chi connectivity index (χ3v) is 5.73. The van der Waals surface area contributed by atoms with Crippen molar-refractivity contribution in [3.05, 3.63) is 72.2 Å². The van der Waals surface area contributed by atoms with E-state index in [2.05, 4.69) is 22.4 Å². The second-order valence-corrected chi connectivity index (χ2v) is 7.58. The molecule has 3 atom stereocenters. The van der Waals surface area contributed by atoms with Gasteiger partial charge >= 0.3 is 0 Å². The summed E-state index contributed by atoms with van der Waals surface area (Å²) in [6.07, 6.45) is 6.18. The number of rotatable bonds is 6. The van der Waals surface area contributed by atoms with Crippen molar-refractivity contribution in [3.63, 3.8) is 0 Å². The maximum atomic E-state index is 12.8. The van der Waals surface area contributed by atoms with Gasteiger partial charge < -0.3 is 15.5 Å². The number of aromatic nitrogens is 2. The van der Waals surface area contributed by atoms with Crippen molar-refractivity contribution in [2.24, 2.45) is 5.73 Å². The van der Waals surface area contributed by atoms with Crippen molar-refractivity contribution < 1.29 is 9.59 Å². The number of primary amides is 1. The summed E-state index contributed by atoms with van der Waals surface area (Å²) in [7, 11) is 0. The topological polar surface area (TPSA) is 92.7 Å². The van der Waals surface area contributed by atoms with Crippen molar-refractivity contribution in [2.75, 3.05) is 6.54 Å². The highest BCUT2D eigenvalue weighted by Gasteiger charge is 2.40. The zero-order chi connectivity index (χ0) is 20.4. The quantitative estimate of drug-likeness (QED) is 0.587. The molecule has 0 saturated carbocycles. The predicted octanol–water partition coefficient (Wildman–Crippen LogP) is 2.53. The number of hydrogen-bond acceptors (Lipinski definition) is 4. The number of hydrogen-bond donors (Lipinski definition) is 2. The molecule has 1 aliphatic heterocycles. The Morgan fingerprint density at radius 3 is 2.65 bits per heavy atom. The summed E-state index contributed by atoms with van der Waals surface area (Å²) in [5.41, 5.74) is 8.66. The Hall–Kier alpha value is -2.61. The van der Waals surface area contributed by atoms with Gasteiger partial charge in [0.05, 0.1) is 12.1 Å². The minimum atomic E-state index is -0.446. The molecule has 1 saturated heterocycles. The highest BCUT2D eigenvalue weighted by atomic mass is 35.5. The lowest BCUT2D eigenvalue weighted by Gasteiger charge is -2.28. The van der Waals surface area contributed by atoms with Crippen LogP contribution in [-0.2, 0) is 16.1 Å². The Morgan fingerprint density at radius 1 is 1.19 bits per heavy atom. The molecule has 1 aliphatic rings. The Kier molecular flexibility index (Phi) is 8.44. The number of nitrogens with zero attached hydrogens (tertiary/aromatic N) is 3. The minimum Gasteiger partial charge on any atom is -0.368 e. The van der Waals surface area contributed by atoms with Crippen LogP contribution in [0.25, 0.3) is 5.65 Å². The molecule has 3 heterocycles. The van der Waals surface area contributed by atoms with Gasteiger partial charge in [-0.15, -0.1) is 24.8 Å². The zero-order valence-electron chi connectivity index (χ0n) is 17.2. The van der Waals surface area contributed by atoms with Crippen LogP contribution in [0.4, 0.5) is 0 Å². The third kappa shape index (κ3) is 5.36. The molecule has 2 amide bonds. The van der Waals surface area contributed by atoms with E-state index in [4.69, 9.17) is 5.73 Å². The van der Waals surface area contributed by atoms with Gasteiger partial charge in [-0.3, -0.25) is 14.5 Å². The van der Waals surface area contributed by atoms with Crippen LogP contribution in [0.2, 0.25) is 0 Å². The molecule has 2 aromatic heterocycles. The molecule has 7 nitrogen and oxygen atoms in total. The van der Waals surface area contributed by atoms with Crippen LogP contribution in [0.1, 0.15) is 30.4 Å². The highest BCUT2D eigenvalue weighted by Crippen LogP contribution is 2.33. The van der Waals surface area contributed by atoms with E-state index in [0.717, 1.165) is 11.2 Å². The first kappa shape index (κ1) is 24.7. The lowest BCUT2D eigenvalue weighted by atomic mass is 9.96. The number of likely N-dealkylation sites (tertiary alicyclic amines) is 1. The van der Waals surface area contributed by atoms with Gasteiger partial charge in [0.15, 0.2) is 0 Å². The molecular formula is C22H27Cl2N5O2. The van der Waals surface area contributed by atoms with Crippen LogP contribution < -0.4 is 11.1 Å². The van der Waals surface area contributed by atoms with Crippen molar-refractivity contribution in [2.45, 2.75) is 37.9 Å². The van der Waals surface area contributed by atoms with Crippen LogP contribution >= 0.6 is 24.8 Å². The number of fused-ring (bicyclic) bond motifs is 1. The van der Waals surface area contributed by atoms with E-state index >= 15 is 0 Å². The fourth-order valence-electron chi connectivity index (χ4n) is 4.09. The van der Waals surface area contributed by atoms with E-state index in [1.165, 1.54) is 5.56 Å². The molecule has 31 heavy (non-hydrogen) atoms. The lowest BCUT2D eigenvalue weighted by Crippen LogP contribution is -2.51. The van der Waals surface area contributed by atoms with Gasteiger partial charge in [0, 0.05) is 31.7 Å². The maximum Gasteiger partial charge on any atom is 0.237 e. The van der Waals surface area contributed by atoms with E-state index in [-0.39, 0.29) is 42.5 Å². The summed E-state index contributed by atoms with van der Waals surface area (Å²) in [4.78, 5) is 31.0.